The van der Waals surface area contributed by atoms with Crippen LogP contribution in [0.15, 0.2) is 0 Å². The lowest BCUT2D eigenvalue weighted by Crippen LogP contribution is -2.70. The Morgan fingerprint density at radius 1 is 0.757 bits per heavy atom. The van der Waals surface area contributed by atoms with Gasteiger partial charge in [0.2, 0.25) is 6.41 Å². The highest BCUT2D eigenvalue weighted by atomic mass is 16.7. The Balaban J connectivity index is 1.67. The highest BCUT2D eigenvalue weighted by Crippen LogP contribution is 2.36. The van der Waals surface area contributed by atoms with Gasteiger partial charge in [-0.3, -0.25) is 9.63 Å². The first-order chi connectivity index (χ1) is 32.0. The van der Waals surface area contributed by atoms with Gasteiger partial charge in [-0.2, -0.15) is 0 Å². The smallest absolute Gasteiger partial charge is 0.410 e. The minimum absolute atomic E-state index is 0.106. The van der Waals surface area contributed by atoms with Gasteiger partial charge >= 0.3 is 24.4 Å². The summed E-state index contributed by atoms with van der Waals surface area (Å²) in [4.78, 5) is 71.9. The number of alkyl carbamates (subject to hydrolysis) is 2. The number of carbonyl (C=O) groups excluding carboxylic acids is 4. The number of likely N-dealkylation sites (N-methyl/N-ethyl adjacent to an activating group) is 1. The molecule has 7 N–H and O–H groups in total. The van der Waals surface area contributed by atoms with Crippen LogP contribution in [-0.2, 0) is 52.3 Å². The minimum atomic E-state index is -1.90. The van der Waals surface area contributed by atoms with Crippen LogP contribution in [0.3, 0.4) is 0 Å². The summed E-state index contributed by atoms with van der Waals surface area (Å²) in [6.45, 7) is 23.3. The second kappa shape index (κ2) is 22.9. The van der Waals surface area contributed by atoms with Gasteiger partial charge in [0.25, 0.3) is 0 Å². The number of nitrogens with zero attached hydrogens (tertiary/aromatic N) is 2. The Labute approximate surface area is 410 Å². The number of aliphatic hydroxyl groups is 3. The molecule has 4 rings (SSSR count). The summed E-state index contributed by atoms with van der Waals surface area (Å²) >= 11 is 0. The molecule has 1 saturated carbocycles. The van der Waals surface area contributed by atoms with Crippen LogP contribution in [0.1, 0.15) is 129 Å². The Kier molecular flexibility index (Phi) is 19.2. The summed E-state index contributed by atoms with van der Waals surface area (Å²) < 4.78 is 53.3. The molecule has 0 unspecified atom stereocenters. The third-order valence-electron chi connectivity index (χ3n) is 11.6. The maximum Gasteiger partial charge on any atom is 0.410 e. The second-order valence-electron chi connectivity index (χ2n) is 22.8. The number of carboxylic acid groups (broad SMARTS) is 1. The average Bonchev–Trinajstić information content (AvgIpc) is 3.54. The second-order valence-corrected chi connectivity index (χ2v) is 22.8. The molecule has 70 heavy (non-hydrogen) atoms. The standard InChI is InChI=1S/C46H81N5O19/c1-41(2,3)67-38(57)48-27-17-16-25(21-51(24-52)70-44(10,11)19-18-26-22-62-45(12,13)66-26)63-35(27)64-33-29(49-39(58)68-42(4,5)6)20-28(47-37(55)56)32(30(33)53)65-36-31(54)34(46(14,60)23-61-36)50(15)40(59)69-43(7,8)9/h24-36,47,53-54,60H,16-23H2,1-15H3,(H,48,57)(H,49,58)(H,55,56)/t25-,26+,27+,28+,29-,30-,31+,32-,33+,34+,35+,36+,46-/m0/s1. The lowest BCUT2D eigenvalue weighted by molar-refractivity contribution is -0.316. The third-order valence-corrected chi connectivity index (χ3v) is 11.6. The fraction of sp³-hybridized carbons (Fsp3) is 0.891. The van der Waals surface area contributed by atoms with Crippen LogP contribution in [-0.4, -0.2) is 195 Å². The zero-order valence-corrected chi connectivity index (χ0v) is 43.5. The molecule has 0 aromatic carbocycles. The van der Waals surface area contributed by atoms with E-state index in [2.05, 4.69) is 16.0 Å². The van der Waals surface area contributed by atoms with Crippen LogP contribution in [0.5, 0.6) is 0 Å². The molecule has 0 radical (unpaired) electrons. The molecule has 3 saturated heterocycles. The van der Waals surface area contributed by atoms with Gasteiger partial charge in [0.05, 0.1) is 61.7 Å². The van der Waals surface area contributed by atoms with E-state index < -0.39 is 132 Å². The number of hydrogen-bond donors (Lipinski definition) is 7. The van der Waals surface area contributed by atoms with Crippen molar-refractivity contribution in [3.05, 3.63) is 0 Å². The number of carbonyl (C=O) groups is 5. The molecule has 0 aromatic heterocycles. The molecule has 24 nitrogen and oxygen atoms in total. The predicted molar refractivity (Wildman–Crippen MR) is 246 cm³/mol. The number of hydroxylamine groups is 2. The number of amides is 5. The van der Waals surface area contributed by atoms with Gasteiger partial charge in [-0.25, -0.2) is 24.2 Å². The first kappa shape index (κ1) is 58.7. The Morgan fingerprint density at radius 3 is 1.81 bits per heavy atom. The Morgan fingerprint density at radius 2 is 1.30 bits per heavy atom. The molecule has 4 aliphatic rings. The molecule has 0 aromatic rings. The van der Waals surface area contributed by atoms with Gasteiger partial charge in [0.1, 0.15) is 46.8 Å². The number of hydrogen-bond acceptors (Lipinski definition) is 18. The highest BCUT2D eigenvalue weighted by molar-refractivity contribution is 5.69. The summed E-state index contributed by atoms with van der Waals surface area (Å²) in [5, 5.41) is 54.4. The van der Waals surface area contributed by atoms with Crippen molar-refractivity contribution in [2.24, 2.45) is 0 Å². The van der Waals surface area contributed by atoms with Crippen molar-refractivity contribution in [1.82, 2.24) is 25.9 Å². The van der Waals surface area contributed by atoms with Gasteiger partial charge in [-0.15, -0.1) is 0 Å². The van der Waals surface area contributed by atoms with Crippen molar-refractivity contribution in [1.29, 1.82) is 0 Å². The van der Waals surface area contributed by atoms with Gasteiger partial charge in [-0.05, 0) is 129 Å². The molecular formula is C46H81N5O19. The summed E-state index contributed by atoms with van der Waals surface area (Å²) in [6, 6.07) is -4.97. The topological polar surface area (TPSA) is 301 Å². The van der Waals surface area contributed by atoms with Crippen LogP contribution in [0.4, 0.5) is 19.2 Å². The van der Waals surface area contributed by atoms with E-state index in [1.54, 1.807) is 62.3 Å². The van der Waals surface area contributed by atoms with Crippen LogP contribution < -0.4 is 16.0 Å². The van der Waals surface area contributed by atoms with Gasteiger partial charge in [0, 0.05) is 7.05 Å². The van der Waals surface area contributed by atoms with E-state index in [9.17, 15) is 44.4 Å². The summed E-state index contributed by atoms with van der Waals surface area (Å²) in [7, 11) is 1.31. The third kappa shape index (κ3) is 17.7. The molecule has 3 aliphatic heterocycles. The summed E-state index contributed by atoms with van der Waals surface area (Å²) in [6.07, 6.45) is -13.5. The normalized spacial score (nSPS) is 32.8. The van der Waals surface area contributed by atoms with E-state index in [1.165, 1.54) is 14.0 Å². The zero-order chi connectivity index (χ0) is 52.9. The van der Waals surface area contributed by atoms with Crippen molar-refractivity contribution >= 4 is 30.8 Å². The lowest BCUT2D eigenvalue weighted by Gasteiger charge is -2.50. The SMILES string of the molecule is CN(C(=O)OC(C)(C)C)[C@@H]1[C@@H](O)[C@@H](O[C@@H]2[C@H](O)[C@H](O[C@H]3O[C@H](CN(C=O)OC(C)(C)CC[C@@H]4COC(C)(C)O4)CC[C@H]3NC(=O)OC(C)(C)C)[C@@H](NC(=O)OC(C)(C)C)C[C@H]2NC(=O)O)OC[C@]1(C)O. The molecule has 4 fully saturated rings. The molecule has 24 heteroatoms. The van der Waals surface area contributed by atoms with E-state index in [-0.39, 0.29) is 31.9 Å². The lowest BCUT2D eigenvalue weighted by atomic mass is 9.83. The Hall–Kier alpha value is -3.85. The van der Waals surface area contributed by atoms with Crippen LogP contribution in [0.25, 0.3) is 0 Å². The highest BCUT2D eigenvalue weighted by Gasteiger charge is 2.55. The molecular weight excluding hydrogens is 927 g/mol. The fourth-order valence-electron chi connectivity index (χ4n) is 8.72. The van der Waals surface area contributed by atoms with Gasteiger partial charge in [-0.1, -0.05) is 0 Å². The molecule has 0 bridgehead atoms. The fourth-order valence-corrected chi connectivity index (χ4v) is 8.72. The quantitative estimate of drug-likeness (QED) is 0.0663. The largest absolute Gasteiger partial charge is 0.465 e. The molecule has 13 atom stereocenters. The first-order valence-corrected chi connectivity index (χ1v) is 23.8. The maximum absolute atomic E-state index is 13.4. The Bertz CT molecular complexity index is 1780. The molecule has 3 heterocycles. The monoisotopic (exact) mass is 1010 g/mol. The van der Waals surface area contributed by atoms with Crippen LogP contribution >= 0.6 is 0 Å². The van der Waals surface area contributed by atoms with E-state index >= 15 is 0 Å². The summed E-state index contributed by atoms with van der Waals surface area (Å²) in [5.41, 5.74) is -5.54. The first-order valence-electron chi connectivity index (χ1n) is 23.8. The molecule has 404 valence electrons. The van der Waals surface area contributed by atoms with Crippen molar-refractivity contribution in [2.75, 3.05) is 26.8 Å². The zero-order valence-electron chi connectivity index (χ0n) is 43.5. The number of nitrogens with one attached hydrogen (secondary N) is 3. The van der Waals surface area contributed by atoms with E-state index in [4.69, 9.17) is 47.5 Å². The number of ether oxygens (including phenoxy) is 9. The molecule has 1 aliphatic carbocycles. The van der Waals surface area contributed by atoms with E-state index in [0.29, 0.717) is 25.9 Å². The predicted octanol–water partition coefficient (Wildman–Crippen LogP) is 3.25. The van der Waals surface area contributed by atoms with E-state index in [1.807, 2.05) is 27.7 Å². The number of aliphatic hydroxyl groups excluding tert-OH is 2. The van der Waals surface area contributed by atoms with Gasteiger partial charge in [0.15, 0.2) is 18.4 Å². The van der Waals surface area contributed by atoms with Crippen molar-refractivity contribution in [3.8, 4) is 0 Å². The molecule has 0 spiro atoms. The van der Waals surface area contributed by atoms with Crippen molar-refractivity contribution in [3.63, 3.8) is 0 Å². The maximum atomic E-state index is 13.4. The summed E-state index contributed by atoms with van der Waals surface area (Å²) in [5.74, 6) is -0.705. The average molecular weight is 1010 g/mol. The minimum Gasteiger partial charge on any atom is -0.465 e. The van der Waals surface area contributed by atoms with Gasteiger partial charge < -0.3 is 83.9 Å². The van der Waals surface area contributed by atoms with Crippen molar-refractivity contribution in [2.45, 2.75) is 236 Å². The van der Waals surface area contributed by atoms with E-state index in [0.717, 1.165) is 9.96 Å². The molecule has 5 amide bonds. The van der Waals surface area contributed by atoms with Crippen molar-refractivity contribution < 1.29 is 91.9 Å². The van der Waals surface area contributed by atoms with Crippen LogP contribution in [0, 0.1) is 0 Å². The number of rotatable bonds is 16. The van der Waals surface area contributed by atoms with Crippen LogP contribution in [0.2, 0.25) is 0 Å².